The van der Waals surface area contributed by atoms with Gasteiger partial charge < -0.3 is 10.2 Å². The van der Waals surface area contributed by atoms with Crippen molar-refractivity contribution in [1.29, 1.82) is 0 Å². The fourth-order valence-electron chi connectivity index (χ4n) is 2.52. The van der Waals surface area contributed by atoms with Crippen LogP contribution in [0.5, 0.6) is 11.5 Å². The van der Waals surface area contributed by atoms with E-state index in [0.29, 0.717) is 22.5 Å². The third kappa shape index (κ3) is 4.16. The number of aromatic hydroxyl groups is 2. The molecule has 2 N–H and O–H groups in total. The van der Waals surface area contributed by atoms with Gasteiger partial charge in [0.2, 0.25) is 0 Å². The molecular weight excluding hydrogens is 324 g/mol. The summed E-state index contributed by atoms with van der Waals surface area (Å²) in [4.78, 5) is 8.94. The molecule has 0 radical (unpaired) electrons. The number of aliphatic imine (C=N–C) groups is 2. The van der Waals surface area contributed by atoms with E-state index in [1.165, 1.54) is 0 Å². The van der Waals surface area contributed by atoms with E-state index in [1.54, 1.807) is 24.6 Å². The van der Waals surface area contributed by atoms with Crippen LogP contribution in [0, 0.1) is 13.8 Å². The quantitative estimate of drug-likeness (QED) is 0.638. The van der Waals surface area contributed by atoms with Crippen molar-refractivity contribution in [1.82, 2.24) is 0 Å². The van der Waals surface area contributed by atoms with Gasteiger partial charge in [0.1, 0.15) is 11.5 Å². The Kier molecular flexibility index (Phi) is 5.13. The van der Waals surface area contributed by atoms with Gasteiger partial charge in [-0.15, -0.1) is 0 Å². The van der Waals surface area contributed by atoms with Crippen molar-refractivity contribution in [3.63, 3.8) is 0 Å². The highest BCUT2D eigenvalue weighted by Crippen LogP contribution is 2.28. The largest absolute Gasteiger partial charge is 0.507 e. The zero-order valence-corrected chi connectivity index (χ0v) is 14.7. The second-order valence-electron chi connectivity index (χ2n) is 6.13. The van der Waals surface area contributed by atoms with Gasteiger partial charge in [-0.2, -0.15) is 0 Å². The maximum atomic E-state index is 9.94. The summed E-state index contributed by atoms with van der Waals surface area (Å²) in [6.07, 6.45) is 3.25. The molecule has 0 bridgehead atoms. The van der Waals surface area contributed by atoms with Crippen LogP contribution < -0.4 is 0 Å². The molecule has 0 aliphatic carbocycles. The molecule has 0 heterocycles. The first kappa shape index (κ1) is 17.4. The standard InChI is InChI=1S/C22H20N2O2/c1-15-7-9-21(25)17(11-15)13-23-19-5-3-4-6-20(19)24-14-18-12-16(2)8-10-22(18)26/h3-14,25-26H,1-2H3/b23-13-,24-14+. The number of aryl methyl sites for hydroxylation is 2. The van der Waals surface area contributed by atoms with Crippen molar-refractivity contribution in [2.75, 3.05) is 0 Å². The molecule has 0 aromatic heterocycles. The summed E-state index contributed by atoms with van der Waals surface area (Å²) in [7, 11) is 0. The second-order valence-corrected chi connectivity index (χ2v) is 6.13. The van der Waals surface area contributed by atoms with Crippen LogP contribution in [0.4, 0.5) is 11.4 Å². The normalized spacial score (nSPS) is 11.5. The zero-order chi connectivity index (χ0) is 18.5. The van der Waals surface area contributed by atoms with Gasteiger partial charge in [-0.1, -0.05) is 35.4 Å². The molecule has 3 aromatic carbocycles. The third-order valence-corrected chi connectivity index (χ3v) is 3.93. The first-order valence-electron chi connectivity index (χ1n) is 8.29. The van der Waals surface area contributed by atoms with E-state index in [4.69, 9.17) is 0 Å². The maximum absolute atomic E-state index is 9.94. The smallest absolute Gasteiger partial charge is 0.124 e. The molecule has 0 amide bonds. The number of nitrogens with zero attached hydrogens (tertiary/aromatic N) is 2. The Morgan fingerprint density at radius 3 is 1.50 bits per heavy atom. The Balaban J connectivity index is 1.91. The van der Waals surface area contributed by atoms with Crippen molar-refractivity contribution in [3.05, 3.63) is 82.9 Å². The van der Waals surface area contributed by atoms with Crippen molar-refractivity contribution in [2.24, 2.45) is 9.98 Å². The Bertz CT molecular complexity index is 911. The lowest BCUT2D eigenvalue weighted by atomic mass is 10.1. The minimum Gasteiger partial charge on any atom is -0.507 e. The summed E-state index contributed by atoms with van der Waals surface area (Å²) < 4.78 is 0. The number of rotatable bonds is 4. The van der Waals surface area contributed by atoms with Crippen LogP contribution >= 0.6 is 0 Å². The van der Waals surface area contributed by atoms with E-state index >= 15 is 0 Å². The molecule has 0 aliphatic heterocycles. The Labute approximate surface area is 152 Å². The number of benzene rings is 3. The summed E-state index contributed by atoms with van der Waals surface area (Å²) in [5.41, 5.74) is 4.75. The average molecular weight is 344 g/mol. The maximum Gasteiger partial charge on any atom is 0.124 e. The number of para-hydroxylation sites is 2. The van der Waals surface area contributed by atoms with Gasteiger partial charge in [0.25, 0.3) is 0 Å². The highest BCUT2D eigenvalue weighted by molar-refractivity contribution is 5.89. The van der Waals surface area contributed by atoms with Crippen LogP contribution in [-0.4, -0.2) is 22.6 Å². The summed E-state index contributed by atoms with van der Waals surface area (Å²) in [6, 6.07) is 18.2. The summed E-state index contributed by atoms with van der Waals surface area (Å²) in [6.45, 7) is 3.92. The molecule has 0 fully saturated rings. The summed E-state index contributed by atoms with van der Waals surface area (Å²) in [5.74, 6) is 0.370. The molecule has 0 aliphatic rings. The molecule has 0 atom stereocenters. The predicted octanol–water partition coefficient (Wildman–Crippen LogP) is 5.22. The molecule has 3 rings (SSSR count). The topological polar surface area (TPSA) is 65.2 Å². The predicted molar refractivity (Wildman–Crippen MR) is 107 cm³/mol. The van der Waals surface area contributed by atoms with Gasteiger partial charge in [0.15, 0.2) is 0 Å². The lowest BCUT2D eigenvalue weighted by Crippen LogP contribution is -1.85. The molecule has 0 spiro atoms. The monoisotopic (exact) mass is 344 g/mol. The van der Waals surface area contributed by atoms with Gasteiger partial charge in [0.05, 0.1) is 11.4 Å². The molecule has 4 heteroatoms. The second kappa shape index (κ2) is 7.66. The number of hydrogen-bond donors (Lipinski definition) is 2. The fourth-order valence-corrected chi connectivity index (χ4v) is 2.52. The van der Waals surface area contributed by atoms with Crippen LogP contribution in [0.25, 0.3) is 0 Å². The lowest BCUT2D eigenvalue weighted by molar-refractivity contribution is 0.474. The van der Waals surface area contributed by atoms with E-state index < -0.39 is 0 Å². The first-order chi connectivity index (χ1) is 12.5. The zero-order valence-electron chi connectivity index (χ0n) is 14.7. The van der Waals surface area contributed by atoms with E-state index in [0.717, 1.165) is 11.1 Å². The highest BCUT2D eigenvalue weighted by Gasteiger charge is 2.02. The fraction of sp³-hybridized carbons (Fsp3) is 0.0909. The highest BCUT2D eigenvalue weighted by atomic mass is 16.3. The third-order valence-electron chi connectivity index (χ3n) is 3.93. The van der Waals surface area contributed by atoms with Gasteiger partial charge in [-0.25, -0.2) is 0 Å². The summed E-state index contributed by atoms with van der Waals surface area (Å²) in [5, 5.41) is 19.9. The molecule has 4 nitrogen and oxygen atoms in total. The lowest BCUT2D eigenvalue weighted by Gasteiger charge is -2.03. The molecule has 26 heavy (non-hydrogen) atoms. The Morgan fingerprint density at radius 1 is 0.654 bits per heavy atom. The number of hydrogen-bond acceptors (Lipinski definition) is 4. The summed E-state index contributed by atoms with van der Waals surface area (Å²) >= 11 is 0. The minimum atomic E-state index is 0.185. The van der Waals surface area contributed by atoms with Crippen LogP contribution in [0.1, 0.15) is 22.3 Å². The van der Waals surface area contributed by atoms with Crippen LogP contribution in [0.3, 0.4) is 0 Å². The molecule has 3 aromatic rings. The van der Waals surface area contributed by atoms with Crippen molar-refractivity contribution in [2.45, 2.75) is 13.8 Å². The molecule has 0 saturated heterocycles. The molecule has 0 unspecified atom stereocenters. The van der Waals surface area contributed by atoms with E-state index in [-0.39, 0.29) is 11.5 Å². The van der Waals surface area contributed by atoms with Crippen molar-refractivity contribution in [3.8, 4) is 11.5 Å². The Hall–Kier alpha value is -3.40. The van der Waals surface area contributed by atoms with Gasteiger partial charge >= 0.3 is 0 Å². The van der Waals surface area contributed by atoms with Crippen LogP contribution in [0.15, 0.2) is 70.6 Å². The Morgan fingerprint density at radius 2 is 1.08 bits per heavy atom. The van der Waals surface area contributed by atoms with Crippen LogP contribution in [0.2, 0.25) is 0 Å². The van der Waals surface area contributed by atoms with Gasteiger partial charge in [-0.3, -0.25) is 9.98 Å². The van der Waals surface area contributed by atoms with E-state index in [9.17, 15) is 10.2 Å². The van der Waals surface area contributed by atoms with E-state index in [1.807, 2.05) is 62.4 Å². The SMILES string of the molecule is Cc1ccc(O)c(/C=N\c2ccccc2/N=C/c2cc(C)ccc2O)c1. The van der Waals surface area contributed by atoms with Gasteiger partial charge in [0, 0.05) is 23.6 Å². The minimum absolute atomic E-state index is 0.185. The molecule has 0 saturated carbocycles. The first-order valence-corrected chi connectivity index (χ1v) is 8.29. The van der Waals surface area contributed by atoms with Crippen molar-refractivity contribution < 1.29 is 10.2 Å². The number of phenols is 2. The van der Waals surface area contributed by atoms with Crippen molar-refractivity contribution >= 4 is 23.8 Å². The van der Waals surface area contributed by atoms with Crippen LogP contribution in [-0.2, 0) is 0 Å². The number of phenolic OH excluding ortho intramolecular Hbond substituents is 2. The molecule has 130 valence electrons. The van der Waals surface area contributed by atoms with E-state index in [2.05, 4.69) is 9.98 Å². The van der Waals surface area contributed by atoms with Gasteiger partial charge in [-0.05, 0) is 50.2 Å². The average Bonchev–Trinajstić information content (AvgIpc) is 2.64. The molecular formula is C22H20N2O2.